The van der Waals surface area contributed by atoms with E-state index >= 15 is 0 Å². The Hall–Kier alpha value is -0.510. The number of nitrogens with one attached hydrogen (secondary N) is 1. The Morgan fingerprint density at radius 2 is 1.95 bits per heavy atom. The average molecular weight is 305 g/mol. The molecule has 1 aliphatic rings. The van der Waals surface area contributed by atoms with Crippen molar-refractivity contribution in [1.29, 1.82) is 0 Å². The van der Waals surface area contributed by atoms with Crippen molar-refractivity contribution >= 4 is 28.9 Å². The molecule has 19 heavy (non-hydrogen) atoms. The second-order valence-electron chi connectivity index (χ2n) is 5.68. The third-order valence-corrected chi connectivity index (χ3v) is 4.14. The van der Waals surface area contributed by atoms with Crippen molar-refractivity contribution in [2.75, 3.05) is 18.0 Å². The number of anilines is 1. The van der Waals surface area contributed by atoms with Gasteiger partial charge in [-0.2, -0.15) is 0 Å². The van der Waals surface area contributed by atoms with E-state index in [0.717, 1.165) is 25.2 Å². The van der Waals surface area contributed by atoms with E-state index < -0.39 is 5.82 Å². The molecular weight excluding hydrogens is 286 g/mol. The fourth-order valence-corrected chi connectivity index (χ4v) is 2.97. The molecule has 1 aliphatic heterocycles. The third-order valence-electron chi connectivity index (χ3n) is 3.59. The van der Waals surface area contributed by atoms with Crippen molar-refractivity contribution in [3.8, 4) is 0 Å². The summed E-state index contributed by atoms with van der Waals surface area (Å²) in [6.07, 6.45) is 1.01. The lowest BCUT2D eigenvalue weighted by Gasteiger charge is -2.46. The second-order valence-corrected chi connectivity index (χ2v) is 6.49. The van der Waals surface area contributed by atoms with Gasteiger partial charge < -0.3 is 10.2 Å². The normalized spacial score (nSPS) is 22.6. The fraction of sp³-hybridized carbons (Fsp3) is 0.571. The summed E-state index contributed by atoms with van der Waals surface area (Å²) in [7, 11) is 0. The van der Waals surface area contributed by atoms with Crippen LogP contribution >= 0.6 is 23.2 Å². The van der Waals surface area contributed by atoms with Crippen LogP contribution < -0.4 is 10.2 Å². The molecule has 0 amide bonds. The van der Waals surface area contributed by atoms with Crippen LogP contribution in [-0.4, -0.2) is 24.7 Å². The van der Waals surface area contributed by atoms with Gasteiger partial charge in [0.25, 0.3) is 0 Å². The topological polar surface area (TPSA) is 15.3 Å². The van der Waals surface area contributed by atoms with E-state index in [2.05, 4.69) is 31.0 Å². The number of halogens is 3. The Balaban J connectivity index is 2.37. The van der Waals surface area contributed by atoms with Gasteiger partial charge in [0.2, 0.25) is 0 Å². The van der Waals surface area contributed by atoms with E-state index in [1.54, 1.807) is 12.1 Å². The first-order chi connectivity index (χ1) is 8.84. The first-order valence-corrected chi connectivity index (χ1v) is 7.26. The van der Waals surface area contributed by atoms with Gasteiger partial charge in [0.1, 0.15) is 0 Å². The average Bonchev–Trinajstić information content (AvgIpc) is 2.34. The molecule has 0 aromatic heterocycles. The summed E-state index contributed by atoms with van der Waals surface area (Å²) in [6, 6.07) is 3.69. The fourth-order valence-electron chi connectivity index (χ4n) is 2.49. The first kappa shape index (κ1) is 14.9. The highest BCUT2D eigenvalue weighted by molar-refractivity contribution is 6.35. The molecule has 1 atom stereocenters. The maximum atomic E-state index is 13.5. The Kier molecular flexibility index (Phi) is 4.29. The minimum absolute atomic E-state index is 0.0129. The van der Waals surface area contributed by atoms with Crippen molar-refractivity contribution in [1.82, 2.24) is 5.32 Å². The van der Waals surface area contributed by atoms with Gasteiger partial charge in [0.15, 0.2) is 5.82 Å². The summed E-state index contributed by atoms with van der Waals surface area (Å²) in [5.74, 6) is -0.547. The van der Waals surface area contributed by atoms with Crippen LogP contribution in [0.3, 0.4) is 0 Å². The van der Waals surface area contributed by atoms with Gasteiger partial charge >= 0.3 is 0 Å². The summed E-state index contributed by atoms with van der Waals surface area (Å²) < 4.78 is 13.5. The molecular formula is C14H19Cl2FN2. The third kappa shape index (κ3) is 3.15. The monoisotopic (exact) mass is 304 g/mol. The molecule has 0 spiro atoms. The molecule has 2 nitrogen and oxygen atoms in total. The van der Waals surface area contributed by atoms with Crippen molar-refractivity contribution in [3.63, 3.8) is 0 Å². The van der Waals surface area contributed by atoms with Crippen molar-refractivity contribution < 1.29 is 4.39 Å². The second kappa shape index (κ2) is 5.47. The highest BCUT2D eigenvalue weighted by atomic mass is 35.5. The smallest absolute Gasteiger partial charge is 0.160 e. The summed E-state index contributed by atoms with van der Waals surface area (Å²) in [4.78, 5) is 2.26. The van der Waals surface area contributed by atoms with Gasteiger partial charge in [-0.25, -0.2) is 4.39 Å². The zero-order chi connectivity index (χ0) is 14.2. The van der Waals surface area contributed by atoms with Gasteiger partial charge in [-0.15, -0.1) is 0 Å². The van der Waals surface area contributed by atoms with Gasteiger partial charge in [-0.3, -0.25) is 0 Å². The van der Waals surface area contributed by atoms with Gasteiger partial charge in [-0.1, -0.05) is 30.1 Å². The van der Waals surface area contributed by atoms with Gasteiger partial charge in [0, 0.05) is 30.4 Å². The minimum atomic E-state index is -0.547. The number of nitrogens with zero attached hydrogens (tertiary/aromatic N) is 1. The predicted molar refractivity (Wildman–Crippen MR) is 79.9 cm³/mol. The molecule has 1 heterocycles. The molecule has 1 fully saturated rings. The maximum Gasteiger partial charge on any atom is 0.160 e. The number of rotatable bonds is 2. The zero-order valence-corrected chi connectivity index (χ0v) is 12.9. The molecule has 2 rings (SSSR count). The molecule has 1 unspecified atom stereocenters. The van der Waals surface area contributed by atoms with Crippen LogP contribution in [0.4, 0.5) is 10.1 Å². The lowest BCUT2D eigenvalue weighted by molar-refractivity contribution is 0.306. The number of hydrogen-bond acceptors (Lipinski definition) is 2. The Morgan fingerprint density at radius 3 is 2.47 bits per heavy atom. The van der Waals surface area contributed by atoms with E-state index in [0.29, 0.717) is 6.04 Å². The summed E-state index contributed by atoms with van der Waals surface area (Å²) >= 11 is 11.8. The Morgan fingerprint density at radius 1 is 1.37 bits per heavy atom. The predicted octanol–water partition coefficient (Wildman–Crippen LogP) is 4.10. The van der Waals surface area contributed by atoms with E-state index in [9.17, 15) is 4.39 Å². The molecule has 1 saturated heterocycles. The molecule has 1 N–H and O–H groups in total. The number of hydrogen-bond donors (Lipinski definition) is 1. The molecule has 0 aliphatic carbocycles. The van der Waals surface area contributed by atoms with Crippen LogP contribution in [0.5, 0.6) is 0 Å². The summed E-state index contributed by atoms with van der Waals surface area (Å²) in [5.41, 5.74) is 0.900. The zero-order valence-electron chi connectivity index (χ0n) is 11.4. The summed E-state index contributed by atoms with van der Waals surface area (Å²) in [6.45, 7) is 8.18. The molecule has 1 aromatic rings. The number of piperazine rings is 1. The van der Waals surface area contributed by atoms with Crippen molar-refractivity contribution in [2.24, 2.45) is 0 Å². The van der Waals surface area contributed by atoms with E-state index in [1.165, 1.54) is 0 Å². The van der Waals surface area contributed by atoms with Crippen molar-refractivity contribution in [2.45, 2.75) is 38.8 Å². The van der Waals surface area contributed by atoms with E-state index in [1.807, 2.05) is 0 Å². The summed E-state index contributed by atoms with van der Waals surface area (Å²) in [5, 5.41) is 3.67. The highest BCUT2D eigenvalue weighted by Gasteiger charge is 2.32. The van der Waals surface area contributed by atoms with Crippen LogP contribution in [0, 0.1) is 5.82 Å². The highest BCUT2D eigenvalue weighted by Crippen LogP contribution is 2.32. The van der Waals surface area contributed by atoms with Gasteiger partial charge in [0.05, 0.1) is 10.0 Å². The minimum Gasteiger partial charge on any atom is -0.365 e. The lowest BCUT2D eigenvalue weighted by atomic mass is 9.97. The quantitative estimate of drug-likeness (QED) is 0.828. The molecule has 5 heteroatoms. The standard InChI is InChI=1S/C14H19Cl2FN2/c1-4-9-7-18-14(2,3)8-19(9)10-5-11(15)13(17)12(16)6-10/h5-6,9,18H,4,7-8H2,1-3H3. The maximum absolute atomic E-state index is 13.5. The van der Waals surface area contributed by atoms with Gasteiger partial charge in [-0.05, 0) is 32.4 Å². The molecule has 1 aromatic carbocycles. The van der Waals surface area contributed by atoms with Crippen LogP contribution in [0.15, 0.2) is 12.1 Å². The first-order valence-electron chi connectivity index (χ1n) is 6.50. The van der Waals surface area contributed by atoms with Crippen LogP contribution in [0.2, 0.25) is 10.0 Å². The number of benzene rings is 1. The molecule has 106 valence electrons. The van der Waals surface area contributed by atoms with Crippen molar-refractivity contribution in [3.05, 3.63) is 28.0 Å². The van der Waals surface area contributed by atoms with Crippen LogP contribution in [-0.2, 0) is 0 Å². The SMILES string of the molecule is CCC1CNC(C)(C)CN1c1cc(Cl)c(F)c(Cl)c1. The molecule has 0 saturated carbocycles. The Labute approximate surface area is 123 Å². The van der Waals surface area contributed by atoms with Crippen LogP contribution in [0.25, 0.3) is 0 Å². The largest absolute Gasteiger partial charge is 0.365 e. The van der Waals surface area contributed by atoms with E-state index in [4.69, 9.17) is 23.2 Å². The lowest BCUT2D eigenvalue weighted by Crippen LogP contribution is -2.61. The van der Waals surface area contributed by atoms with Crippen LogP contribution in [0.1, 0.15) is 27.2 Å². The molecule has 0 bridgehead atoms. The molecule has 0 radical (unpaired) electrons. The Bertz CT molecular complexity index is 454. The van der Waals surface area contributed by atoms with E-state index in [-0.39, 0.29) is 15.6 Å².